The summed E-state index contributed by atoms with van der Waals surface area (Å²) in [7, 11) is 1.66. The molecule has 19 heavy (non-hydrogen) atoms. The summed E-state index contributed by atoms with van der Waals surface area (Å²) in [5.74, 6) is 1.43. The van der Waals surface area contributed by atoms with Crippen molar-refractivity contribution in [1.29, 1.82) is 0 Å². The second-order valence-electron chi connectivity index (χ2n) is 4.12. The Bertz CT molecular complexity index is 544. The van der Waals surface area contributed by atoms with Gasteiger partial charge in [0.2, 0.25) is 0 Å². The number of benzene rings is 1. The lowest BCUT2D eigenvalue weighted by Gasteiger charge is -2.08. The van der Waals surface area contributed by atoms with E-state index in [2.05, 4.69) is 26.1 Å². The molecule has 0 aliphatic rings. The molecule has 6 heteroatoms. The van der Waals surface area contributed by atoms with Crippen LogP contribution in [0.4, 0.5) is 4.39 Å². The first kappa shape index (κ1) is 14.1. The van der Waals surface area contributed by atoms with Crippen LogP contribution in [0.5, 0.6) is 0 Å². The molecule has 0 radical (unpaired) electrons. The number of methoxy groups -OCH3 is 1. The molecule has 0 spiro atoms. The number of halogens is 2. The highest BCUT2D eigenvalue weighted by atomic mass is 79.9. The van der Waals surface area contributed by atoms with Crippen LogP contribution in [-0.4, -0.2) is 28.5 Å². The second kappa shape index (κ2) is 6.77. The quantitative estimate of drug-likeness (QED) is 0.765. The zero-order chi connectivity index (χ0) is 13.7. The average Bonchev–Trinajstić information content (AvgIpc) is 2.78. The summed E-state index contributed by atoms with van der Waals surface area (Å²) in [5.41, 5.74) is 0.882. The SMILES string of the molecule is COCCn1c(CBr)nnc1Cc1cccc(F)c1. The Kier molecular flexibility index (Phi) is 5.04. The molecule has 0 atom stereocenters. The molecule has 1 heterocycles. The Morgan fingerprint density at radius 1 is 1.32 bits per heavy atom. The van der Waals surface area contributed by atoms with Gasteiger partial charge in [-0.15, -0.1) is 10.2 Å². The predicted octanol–water partition coefficient (Wildman–Crippen LogP) is 2.55. The molecule has 1 aromatic carbocycles. The number of alkyl halides is 1. The highest BCUT2D eigenvalue weighted by Gasteiger charge is 2.11. The van der Waals surface area contributed by atoms with Gasteiger partial charge >= 0.3 is 0 Å². The number of hydrogen-bond donors (Lipinski definition) is 0. The van der Waals surface area contributed by atoms with Crippen LogP contribution in [0.1, 0.15) is 17.2 Å². The number of hydrogen-bond acceptors (Lipinski definition) is 3. The van der Waals surface area contributed by atoms with Crippen molar-refractivity contribution in [3.05, 3.63) is 47.3 Å². The Hall–Kier alpha value is -1.27. The molecule has 1 aromatic heterocycles. The van der Waals surface area contributed by atoms with Gasteiger partial charge in [0, 0.05) is 20.1 Å². The maximum absolute atomic E-state index is 13.2. The van der Waals surface area contributed by atoms with Gasteiger partial charge in [-0.1, -0.05) is 28.1 Å². The highest BCUT2D eigenvalue weighted by Crippen LogP contribution is 2.12. The van der Waals surface area contributed by atoms with E-state index < -0.39 is 0 Å². The number of ether oxygens (including phenoxy) is 1. The maximum Gasteiger partial charge on any atom is 0.143 e. The molecule has 0 unspecified atom stereocenters. The van der Waals surface area contributed by atoms with Crippen molar-refractivity contribution in [3.8, 4) is 0 Å². The fourth-order valence-corrected chi connectivity index (χ4v) is 2.29. The number of nitrogens with zero attached hydrogens (tertiary/aromatic N) is 3. The topological polar surface area (TPSA) is 39.9 Å². The van der Waals surface area contributed by atoms with Crippen molar-refractivity contribution in [3.63, 3.8) is 0 Å². The first-order valence-corrected chi connectivity index (χ1v) is 7.07. The molecular formula is C13H15BrFN3O. The predicted molar refractivity (Wildman–Crippen MR) is 73.7 cm³/mol. The van der Waals surface area contributed by atoms with Gasteiger partial charge in [-0.05, 0) is 17.7 Å². The zero-order valence-corrected chi connectivity index (χ0v) is 12.2. The van der Waals surface area contributed by atoms with Crippen LogP contribution < -0.4 is 0 Å². The molecule has 0 saturated carbocycles. The molecule has 0 N–H and O–H groups in total. The largest absolute Gasteiger partial charge is 0.383 e. The van der Waals surface area contributed by atoms with E-state index >= 15 is 0 Å². The minimum absolute atomic E-state index is 0.235. The number of rotatable bonds is 6. The minimum Gasteiger partial charge on any atom is -0.383 e. The second-order valence-corrected chi connectivity index (χ2v) is 4.68. The molecule has 0 fully saturated rings. The molecule has 0 aliphatic carbocycles. The van der Waals surface area contributed by atoms with Crippen molar-refractivity contribution in [2.24, 2.45) is 0 Å². The van der Waals surface area contributed by atoms with Crippen LogP contribution >= 0.6 is 15.9 Å². The number of aromatic nitrogens is 3. The lowest BCUT2D eigenvalue weighted by atomic mass is 10.1. The summed E-state index contributed by atoms with van der Waals surface area (Å²) in [6, 6.07) is 6.53. The first-order valence-electron chi connectivity index (χ1n) is 5.95. The van der Waals surface area contributed by atoms with Crippen LogP contribution in [-0.2, 0) is 23.0 Å². The maximum atomic E-state index is 13.2. The van der Waals surface area contributed by atoms with E-state index in [1.165, 1.54) is 12.1 Å². The van der Waals surface area contributed by atoms with Gasteiger partial charge in [0.05, 0.1) is 11.9 Å². The zero-order valence-electron chi connectivity index (χ0n) is 10.6. The van der Waals surface area contributed by atoms with Crippen LogP contribution in [0.25, 0.3) is 0 Å². The standard InChI is InChI=1S/C13H15BrFN3O/c1-19-6-5-18-12(16-17-13(18)9-14)8-10-3-2-4-11(15)7-10/h2-4,7H,5-6,8-9H2,1H3. The Morgan fingerprint density at radius 2 is 2.11 bits per heavy atom. The van der Waals surface area contributed by atoms with Gasteiger partial charge in [0.25, 0.3) is 0 Å². The molecule has 0 amide bonds. The average molecular weight is 328 g/mol. The third-order valence-corrected chi connectivity index (χ3v) is 3.30. The molecule has 0 saturated heterocycles. The minimum atomic E-state index is -0.235. The summed E-state index contributed by atoms with van der Waals surface area (Å²) in [6.07, 6.45) is 0.557. The van der Waals surface area contributed by atoms with Crippen molar-refractivity contribution >= 4 is 15.9 Å². The van der Waals surface area contributed by atoms with Gasteiger partial charge in [0.15, 0.2) is 0 Å². The monoisotopic (exact) mass is 327 g/mol. The fourth-order valence-electron chi connectivity index (χ4n) is 1.87. The Morgan fingerprint density at radius 3 is 2.79 bits per heavy atom. The summed E-state index contributed by atoms with van der Waals surface area (Å²) >= 11 is 3.39. The molecular weight excluding hydrogens is 313 g/mol. The lowest BCUT2D eigenvalue weighted by molar-refractivity contribution is 0.185. The van der Waals surface area contributed by atoms with Crippen molar-refractivity contribution in [2.45, 2.75) is 18.3 Å². The van der Waals surface area contributed by atoms with Crippen molar-refractivity contribution < 1.29 is 9.13 Å². The molecule has 0 bridgehead atoms. The Balaban J connectivity index is 2.21. The third kappa shape index (κ3) is 3.61. The molecule has 2 aromatic rings. The fraction of sp³-hybridized carbons (Fsp3) is 0.385. The van der Waals surface area contributed by atoms with E-state index in [0.717, 1.165) is 17.2 Å². The van der Waals surface area contributed by atoms with Crippen LogP contribution in [0.3, 0.4) is 0 Å². The van der Waals surface area contributed by atoms with Crippen LogP contribution in [0, 0.1) is 5.82 Å². The van der Waals surface area contributed by atoms with Crippen molar-refractivity contribution in [2.75, 3.05) is 13.7 Å². The molecule has 0 aliphatic heterocycles. The normalized spacial score (nSPS) is 10.9. The summed E-state index contributed by atoms with van der Waals surface area (Å²) < 4.78 is 20.3. The van der Waals surface area contributed by atoms with E-state index in [4.69, 9.17) is 4.74 Å². The van der Waals surface area contributed by atoms with E-state index in [9.17, 15) is 4.39 Å². The van der Waals surface area contributed by atoms with Crippen molar-refractivity contribution in [1.82, 2.24) is 14.8 Å². The van der Waals surface area contributed by atoms with E-state index in [-0.39, 0.29) is 5.82 Å². The summed E-state index contributed by atoms with van der Waals surface area (Å²) in [5, 5.41) is 8.92. The van der Waals surface area contributed by atoms with Gasteiger partial charge in [-0.2, -0.15) is 0 Å². The van der Waals surface area contributed by atoms with Gasteiger partial charge in [-0.25, -0.2) is 4.39 Å². The highest BCUT2D eigenvalue weighted by molar-refractivity contribution is 9.08. The molecule has 102 valence electrons. The van der Waals surface area contributed by atoms with Crippen LogP contribution in [0.15, 0.2) is 24.3 Å². The van der Waals surface area contributed by atoms with Gasteiger partial charge in [0.1, 0.15) is 17.5 Å². The van der Waals surface area contributed by atoms with Gasteiger partial charge < -0.3 is 9.30 Å². The summed E-state index contributed by atoms with van der Waals surface area (Å²) in [6.45, 7) is 1.28. The molecule has 4 nitrogen and oxygen atoms in total. The smallest absolute Gasteiger partial charge is 0.143 e. The Labute approximate surface area is 119 Å². The van der Waals surface area contributed by atoms with E-state index in [1.807, 2.05) is 10.6 Å². The lowest BCUT2D eigenvalue weighted by Crippen LogP contribution is -2.11. The van der Waals surface area contributed by atoms with E-state index in [1.54, 1.807) is 13.2 Å². The van der Waals surface area contributed by atoms with Gasteiger partial charge in [-0.3, -0.25) is 0 Å². The van der Waals surface area contributed by atoms with Crippen LogP contribution in [0.2, 0.25) is 0 Å². The van der Waals surface area contributed by atoms with E-state index in [0.29, 0.717) is 24.9 Å². The summed E-state index contributed by atoms with van der Waals surface area (Å²) in [4.78, 5) is 0. The first-order chi connectivity index (χ1) is 9.24. The third-order valence-electron chi connectivity index (χ3n) is 2.79. The molecule has 2 rings (SSSR count).